The van der Waals surface area contributed by atoms with Gasteiger partial charge in [-0.2, -0.15) is 0 Å². The Balaban J connectivity index is 1.16. The SMILES string of the molecule is COc1ccc(C(Nc2ncnc3c2ncn3CCOCP2(=O)OCc3cccc(C)c3O2)(c2ccccc2)c2ccccc2)cc1. The van der Waals surface area contributed by atoms with Crippen LogP contribution in [0.4, 0.5) is 5.82 Å². The van der Waals surface area contributed by atoms with E-state index in [-0.39, 0.29) is 19.6 Å². The highest BCUT2D eigenvalue weighted by atomic mass is 31.2. The molecule has 238 valence electrons. The summed E-state index contributed by atoms with van der Waals surface area (Å²) in [5, 5.41) is 3.79. The molecule has 4 aromatic carbocycles. The predicted octanol–water partition coefficient (Wildman–Crippen LogP) is 7.32. The third-order valence-corrected chi connectivity index (χ3v) is 9.79. The Kier molecular flexibility index (Phi) is 8.47. The highest BCUT2D eigenvalue weighted by molar-refractivity contribution is 7.54. The van der Waals surface area contributed by atoms with Crippen LogP contribution in [0.2, 0.25) is 0 Å². The predicted molar refractivity (Wildman–Crippen MR) is 180 cm³/mol. The molecule has 47 heavy (non-hydrogen) atoms. The first-order valence-corrected chi connectivity index (χ1v) is 17.0. The number of anilines is 1. The van der Waals surface area contributed by atoms with Crippen LogP contribution in [-0.2, 0) is 32.5 Å². The molecule has 10 nitrogen and oxygen atoms in total. The highest BCUT2D eigenvalue weighted by Gasteiger charge is 2.38. The molecule has 1 N–H and O–H groups in total. The molecular weight excluding hydrogens is 613 g/mol. The maximum absolute atomic E-state index is 13.3. The van der Waals surface area contributed by atoms with Crippen LogP contribution in [0, 0.1) is 6.92 Å². The summed E-state index contributed by atoms with van der Waals surface area (Å²) in [5.41, 5.74) is 5.25. The van der Waals surface area contributed by atoms with Crippen molar-refractivity contribution in [2.45, 2.75) is 25.6 Å². The molecule has 7 rings (SSSR count). The van der Waals surface area contributed by atoms with Gasteiger partial charge in [0.15, 0.2) is 17.8 Å². The Labute approximate surface area is 272 Å². The molecule has 0 amide bonds. The van der Waals surface area contributed by atoms with Crippen molar-refractivity contribution in [1.29, 1.82) is 0 Å². The number of aromatic nitrogens is 4. The van der Waals surface area contributed by atoms with Crippen molar-refractivity contribution in [2.24, 2.45) is 0 Å². The number of rotatable bonds is 11. The van der Waals surface area contributed by atoms with E-state index >= 15 is 0 Å². The lowest BCUT2D eigenvalue weighted by Gasteiger charge is -2.37. The largest absolute Gasteiger partial charge is 0.497 e. The van der Waals surface area contributed by atoms with Gasteiger partial charge in [-0.1, -0.05) is 91.0 Å². The zero-order valence-corrected chi connectivity index (χ0v) is 27.0. The summed E-state index contributed by atoms with van der Waals surface area (Å²) in [6.07, 6.45) is 3.08. The second-order valence-electron chi connectivity index (χ2n) is 11.2. The molecule has 6 aromatic rings. The van der Waals surface area contributed by atoms with E-state index in [1.165, 1.54) is 6.33 Å². The maximum atomic E-state index is 13.3. The smallest absolute Gasteiger partial charge is 0.405 e. The second kappa shape index (κ2) is 13.0. The summed E-state index contributed by atoms with van der Waals surface area (Å²) >= 11 is 0. The van der Waals surface area contributed by atoms with Crippen LogP contribution in [0.15, 0.2) is 116 Å². The minimum Gasteiger partial charge on any atom is -0.497 e. The molecule has 0 aliphatic carbocycles. The summed E-state index contributed by atoms with van der Waals surface area (Å²) in [6.45, 7) is 2.81. The minimum absolute atomic E-state index is 0.159. The Morgan fingerprint density at radius 3 is 2.28 bits per heavy atom. The van der Waals surface area contributed by atoms with Crippen molar-refractivity contribution in [3.05, 3.63) is 144 Å². The molecule has 3 heterocycles. The Morgan fingerprint density at radius 2 is 1.57 bits per heavy atom. The van der Waals surface area contributed by atoms with Gasteiger partial charge >= 0.3 is 7.60 Å². The van der Waals surface area contributed by atoms with Crippen LogP contribution in [0.5, 0.6) is 11.5 Å². The fourth-order valence-corrected chi connectivity index (χ4v) is 7.35. The molecule has 2 aromatic heterocycles. The molecule has 0 radical (unpaired) electrons. The van der Waals surface area contributed by atoms with Crippen molar-refractivity contribution in [1.82, 2.24) is 19.5 Å². The molecule has 0 saturated carbocycles. The van der Waals surface area contributed by atoms with Crippen LogP contribution >= 0.6 is 7.60 Å². The van der Waals surface area contributed by atoms with Crippen molar-refractivity contribution in [3.8, 4) is 11.5 Å². The quantitative estimate of drug-likeness (QED) is 0.0879. The number of nitrogens with zero attached hydrogens (tertiary/aromatic N) is 4. The number of hydrogen-bond acceptors (Lipinski definition) is 9. The van der Waals surface area contributed by atoms with Crippen molar-refractivity contribution < 1.29 is 23.1 Å². The molecule has 1 aliphatic rings. The summed E-state index contributed by atoms with van der Waals surface area (Å²) in [7, 11) is -1.78. The summed E-state index contributed by atoms with van der Waals surface area (Å²) in [4.78, 5) is 14.0. The first kappa shape index (κ1) is 30.6. The second-order valence-corrected chi connectivity index (χ2v) is 13.2. The van der Waals surface area contributed by atoms with Crippen LogP contribution < -0.4 is 14.6 Å². The van der Waals surface area contributed by atoms with Crippen molar-refractivity contribution in [3.63, 3.8) is 0 Å². The monoisotopic (exact) mass is 647 g/mol. The van der Waals surface area contributed by atoms with Crippen LogP contribution in [0.3, 0.4) is 0 Å². The van der Waals surface area contributed by atoms with Crippen LogP contribution in [0.1, 0.15) is 27.8 Å². The first-order chi connectivity index (χ1) is 23.0. The van der Waals surface area contributed by atoms with E-state index in [9.17, 15) is 4.57 Å². The Bertz CT molecular complexity index is 2000. The number of methoxy groups -OCH3 is 1. The maximum Gasteiger partial charge on any atom is 0.405 e. The van der Waals surface area contributed by atoms with Crippen LogP contribution in [-0.4, -0.2) is 39.6 Å². The van der Waals surface area contributed by atoms with Crippen LogP contribution in [0.25, 0.3) is 11.2 Å². The van der Waals surface area contributed by atoms with Gasteiger partial charge in [-0.15, -0.1) is 0 Å². The first-order valence-electron chi connectivity index (χ1n) is 15.3. The summed E-state index contributed by atoms with van der Waals surface area (Å²) in [6, 6.07) is 34.3. The third kappa shape index (κ3) is 5.99. The van der Waals surface area contributed by atoms with Gasteiger partial charge in [0.05, 0.1) is 26.7 Å². The lowest BCUT2D eigenvalue weighted by Crippen LogP contribution is -2.38. The van der Waals surface area contributed by atoms with Gasteiger partial charge in [-0.3, -0.25) is 4.52 Å². The molecule has 11 heteroatoms. The molecule has 0 bridgehead atoms. The standard InChI is InChI=1S/C36H34N5O5P/c1-26-10-9-11-27-22-45-47(42,46-33(26)27)25-44-21-20-41-24-39-32-34(37-23-38-35(32)41)40-36(28-12-5-3-6-13-28,29-14-7-4-8-15-29)30-16-18-31(43-2)19-17-30/h3-19,23-24H,20-22,25H2,1-2H3,(H,37,38,40). The average molecular weight is 648 g/mol. The average Bonchev–Trinajstić information content (AvgIpc) is 3.54. The lowest BCUT2D eigenvalue weighted by molar-refractivity contribution is 0.132. The molecule has 1 atom stereocenters. The number of para-hydroxylation sites is 1. The van der Waals surface area contributed by atoms with Gasteiger partial charge < -0.3 is 23.9 Å². The number of benzene rings is 4. The van der Waals surface area contributed by atoms with E-state index in [0.29, 0.717) is 29.3 Å². The van der Waals surface area contributed by atoms with Crippen molar-refractivity contribution >= 4 is 24.6 Å². The van der Waals surface area contributed by atoms with Gasteiger partial charge in [0.25, 0.3) is 0 Å². The van der Waals surface area contributed by atoms with Crippen molar-refractivity contribution in [2.75, 3.05) is 25.4 Å². The normalized spacial score (nSPS) is 16.0. The van der Waals surface area contributed by atoms with E-state index < -0.39 is 13.1 Å². The number of nitrogens with one attached hydrogen (secondary N) is 1. The highest BCUT2D eigenvalue weighted by Crippen LogP contribution is 2.54. The molecule has 0 saturated heterocycles. The van der Waals surface area contributed by atoms with E-state index in [0.717, 1.165) is 33.6 Å². The zero-order valence-electron chi connectivity index (χ0n) is 26.1. The van der Waals surface area contributed by atoms with Gasteiger partial charge in [0.2, 0.25) is 0 Å². The van der Waals surface area contributed by atoms with E-state index in [4.69, 9.17) is 23.5 Å². The summed E-state index contributed by atoms with van der Waals surface area (Å²) < 4.78 is 37.8. The fraction of sp³-hybridized carbons (Fsp3) is 0.194. The molecule has 1 aliphatic heterocycles. The fourth-order valence-electron chi connectivity index (χ4n) is 5.94. The number of fused-ring (bicyclic) bond motifs is 2. The molecule has 0 spiro atoms. The van der Waals surface area contributed by atoms with Gasteiger partial charge in [0.1, 0.15) is 28.9 Å². The zero-order chi connectivity index (χ0) is 32.3. The summed E-state index contributed by atoms with van der Waals surface area (Å²) in [5.74, 6) is 1.95. The Morgan fingerprint density at radius 1 is 0.872 bits per heavy atom. The van der Waals surface area contributed by atoms with Gasteiger partial charge in [-0.05, 0) is 41.3 Å². The molecular formula is C36H34N5O5P. The van der Waals surface area contributed by atoms with E-state index in [2.05, 4.69) is 51.7 Å². The molecule has 1 unspecified atom stereocenters. The third-order valence-electron chi connectivity index (χ3n) is 8.31. The Hall–Kier alpha value is -5.02. The van der Waals surface area contributed by atoms with Gasteiger partial charge in [-0.25, -0.2) is 19.5 Å². The van der Waals surface area contributed by atoms with E-state index in [1.807, 2.05) is 78.2 Å². The number of aryl methyl sites for hydroxylation is 1. The number of imidazole rings is 1. The van der Waals surface area contributed by atoms with Gasteiger partial charge in [0, 0.05) is 12.1 Å². The lowest BCUT2D eigenvalue weighted by atomic mass is 9.77. The minimum atomic E-state index is -3.44. The number of hydrogen-bond donors (Lipinski definition) is 1. The topological polar surface area (TPSA) is 110 Å². The molecule has 0 fully saturated rings. The van der Waals surface area contributed by atoms with E-state index in [1.54, 1.807) is 13.4 Å². The number of ether oxygens (including phenoxy) is 2.